The summed E-state index contributed by atoms with van der Waals surface area (Å²) in [6.45, 7) is 0. The summed E-state index contributed by atoms with van der Waals surface area (Å²) in [6.07, 6.45) is 0.475. The molecule has 6 N–H and O–H groups in total. The van der Waals surface area contributed by atoms with Gasteiger partial charge in [-0.05, 0) is 0 Å². The first-order valence-electron chi connectivity index (χ1n) is 5.29. The van der Waals surface area contributed by atoms with Crippen LogP contribution in [0.1, 0.15) is 22.5 Å². The second kappa shape index (κ2) is 3.42. The first-order chi connectivity index (χ1) is 8.54. The molecule has 8 heteroatoms. The summed E-state index contributed by atoms with van der Waals surface area (Å²) >= 11 is 0. The standard InChI is InChI=1S/C10H10N6O2/c11-9-13-5-1-3-6(2-4(5)8(18)16-9)14-10(12)15-7(3)17/h1-2H2,(H3,11,13,16,18)(H3,12,14,15,17). The van der Waals surface area contributed by atoms with Crippen LogP contribution in [0.4, 0.5) is 11.9 Å². The smallest absolute Gasteiger partial charge is 0.256 e. The molecule has 0 atom stereocenters. The van der Waals surface area contributed by atoms with Gasteiger partial charge in [-0.15, -0.1) is 0 Å². The number of nitrogens with two attached hydrogens (primary N) is 2. The quantitative estimate of drug-likeness (QED) is 0.380. The van der Waals surface area contributed by atoms with Gasteiger partial charge in [0.2, 0.25) is 11.9 Å². The molecule has 8 nitrogen and oxygen atoms in total. The van der Waals surface area contributed by atoms with Gasteiger partial charge < -0.3 is 11.5 Å². The van der Waals surface area contributed by atoms with E-state index >= 15 is 0 Å². The molecular weight excluding hydrogens is 236 g/mol. The average molecular weight is 246 g/mol. The highest BCUT2D eigenvalue weighted by molar-refractivity contribution is 5.40. The SMILES string of the molecule is Nc1nc2c(c(=O)[nH]1)Cc1nc(N)[nH]c(=O)c1C2. The van der Waals surface area contributed by atoms with Gasteiger partial charge in [0, 0.05) is 24.0 Å². The molecule has 2 aromatic heterocycles. The number of anilines is 2. The van der Waals surface area contributed by atoms with E-state index in [9.17, 15) is 9.59 Å². The Labute approximate surface area is 100 Å². The van der Waals surface area contributed by atoms with Gasteiger partial charge in [-0.25, -0.2) is 9.97 Å². The molecule has 0 amide bonds. The van der Waals surface area contributed by atoms with E-state index in [-0.39, 0.29) is 35.9 Å². The molecule has 3 rings (SSSR count). The Balaban J connectivity index is 2.24. The van der Waals surface area contributed by atoms with E-state index in [0.717, 1.165) is 0 Å². The Hall–Kier alpha value is -2.64. The highest BCUT2D eigenvalue weighted by atomic mass is 16.1. The molecule has 92 valence electrons. The van der Waals surface area contributed by atoms with Crippen LogP contribution in [0.15, 0.2) is 9.59 Å². The Kier molecular flexibility index (Phi) is 2.00. The zero-order chi connectivity index (χ0) is 12.9. The monoisotopic (exact) mass is 246 g/mol. The van der Waals surface area contributed by atoms with Gasteiger partial charge in [0.1, 0.15) is 0 Å². The molecule has 1 aliphatic rings. The summed E-state index contributed by atoms with van der Waals surface area (Å²) in [5, 5.41) is 0. The molecule has 0 aliphatic heterocycles. The lowest BCUT2D eigenvalue weighted by molar-refractivity contribution is 0.845. The fourth-order valence-corrected chi connectivity index (χ4v) is 2.12. The summed E-state index contributed by atoms with van der Waals surface area (Å²) < 4.78 is 0. The number of nitrogens with zero attached hydrogens (tertiary/aromatic N) is 2. The second-order valence-electron chi connectivity index (χ2n) is 4.11. The van der Waals surface area contributed by atoms with Gasteiger partial charge in [0.15, 0.2) is 0 Å². The van der Waals surface area contributed by atoms with Gasteiger partial charge >= 0.3 is 0 Å². The van der Waals surface area contributed by atoms with Crippen molar-refractivity contribution in [2.45, 2.75) is 12.8 Å². The van der Waals surface area contributed by atoms with E-state index < -0.39 is 0 Å². The van der Waals surface area contributed by atoms with Crippen molar-refractivity contribution in [2.24, 2.45) is 0 Å². The molecule has 0 unspecified atom stereocenters. The van der Waals surface area contributed by atoms with Gasteiger partial charge in [-0.2, -0.15) is 0 Å². The third-order valence-electron chi connectivity index (χ3n) is 2.93. The number of hydrogen-bond acceptors (Lipinski definition) is 6. The predicted molar refractivity (Wildman–Crippen MR) is 64.2 cm³/mol. The molecule has 2 heterocycles. The highest BCUT2D eigenvalue weighted by Gasteiger charge is 2.23. The molecule has 0 bridgehead atoms. The van der Waals surface area contributed by atoms with E-state index in [1.165, 1.54) is 0 Å². The molecule has 0 aromatic carbocycles. The number of hydrogen-bond donors (Lipinski definition) is 4. The number of fused-ring (bicyclic) bond motifs is 2. The van der Waals surface area contributed by atoms with Crippen molar-refractivity contribution in [1.29, 1.82) is 0 Å². The van der Waals surface area contributed by atoms with Crippen LogP contribution in [-0.2, 0) is 12.8 Å². The lowest BCUT2D eigenvalue weighted by Gasteiger charge is -2.16. The summed E-state index contributed by atoms with van der Waals surface area (Å²) in [5.74, 6) is 0.0871. The zero-order valence-electron chi connectivity index (χ0n) is 9.28. The molecule has 0 fully saturated rings. The van der Waals surface area contributed by atoms with Crippen molar-refractivity contribution in [1.82, 2.24) is 19.9 Å². The van der Waals surface area contributed by atoms with E-state index in [0.29, 0.717) is 22.5 Å². The van der Waals surface area contributed by atoms with Crippen LogP contribution in [-0.4, -0.2) is 19.9 Å². The minimum atomic E-state index is -0.302. The van der Waals surface area contributed by atoms with Crippen molar-refractivity contribution in [3.8, 4) is 0 Å². The Morgan fingerprint density at radius 2 is 1.22 bits per heavy atom. The number of nitrogen functional groups attached to an aromatic ring is 2. The second-order valence-corrected chi connectivity index (χ2v) is 4.11. The van der Waals surface area contributed by atoms with E-state index in [2.05, 4.69) is 19.9 Å². The molecule has 0 saturated heterocycles. The van der Waals surface area contributed by atoms with Crippen LogP contribution in [0.3, 0.4) is 0 Å². The van der Waals surface area contributed by atoms with E-state index in [4.69, 9.17) is 11.5 Å². The number of H-pyrrole nitrogens is 2. The van der Waals surface area contributed by atoms with Crippen LogP contribution >= 0.6 is 0 Å². The molecule has 18 heavy (non-hydrogen) atoms. The number of aromatic amines is 2. The van der Waals surface area contributed by atoms with Gasteiger partial charge in [0.05, 0.1) is 11.4 Å². The summed E-state index contributed by atoms with van der Waals surface area (Å²) in [5.41, 5.74) is 12.3. The Bertz CT molecular complexity index is 694. The van der Waals surface area contributed by atoms with Crippen molar-refractivity contribution in [3.05, 3.63) is 43.2 Å². The van der Waals surface area contributed by atoms with Crippen LogP contribution in [0.25, 0.3) is 0 Å². The zero-order valence-corrected chi connectivity index (χ0v) is 9.28. The number of aromatic nitrogens is 4. The van der Waals surface area contributed by atoms with E-state index in [1.54, 1.807) is 0 Å². The first kappa shape index (κ1) is 10.5. The van der Waals surface area contributed by atoms with Gasteiger partial charge in [-0.3, -0.25) is 19.6 Å². The Morgan fingerprint density at radius 1 is 0.833 bits per heavy atom. The largest absolute Gasteiger partial charge is 0.369 e. The van der Waals surface area contributed by atoms with Crippen LogP contribution in [0.5, 0.6) is 0 Å². The number of nitrogens with one attached hydrogen (secondary N) is 2. The average Bonchev–Trinajstić information content (AvgIpc) is 2.27. The maximum Gasteiger partial charge on any atom is 0.256 e. The maximum absolute atomic E-state index is 11.7. The maximum atomic E-state index is 11.7. The Morgan fingerprint density at radius 3 is 1.61 bits per heavy atom. The van der Waals surface area contributed by atoms with Crippen LogP contribution < -0.4 is 22.6 Å². The molecule has 0 radical (unpaired) electrons. The third-order valence-corrected chi connectivity index (χ3v) is 2.93. The van der Waals surface area contributed by atoms with E-state index in [1.807, 2.05) is 0 Å². The van der Waals surface area contributed by atoms with Gasteiger partial charge in [0.25, 0.3) is 11.1 Å². The third kappa shape index (κ3) is 1.46. The minimum Gasteiger partial charge on any atom is -0.369 e. The molecule has 0 spiro atoms. The minimum absolute atomic E-state index is 0.0435. The molecular formula is C10H10N6O2. The topological polar surface area (TPSA) is 144 Å². The fourth-order valence-electron chi connectivity index (χ4n) is 2.12. The normalized spacial score (nSPS) is 12.9. The van der Waals surface area contributed by atoms with Crippen molar-refractivity contribution < 1.29 is 0 Å². The lowest BCUT2D eigenvalue weighted by atomic mass is 9.94. The molecule has 0 saturated carbocycles. The van der Waals surface area contributed by atoms with Crippen molar-refractivity contribution in [2.75, 3.05) is 11.5 Å². The van der Waals surface area contributed by atoms with Crippen LogP contribution in [0, 0.1) is 0 Å². The molecule has 1 aliphatic carbocycles. The lowest BCUT2D eigenvalue weighted by Crippen LogP contribution is -2.29. The summed E-state index contributed by atoms with van der Waals surface area (Å²) in [6, 6.07) is 0. The highest BCUT2D eigenvalue weighted by Crippen LogP contribution is 2.20. The van der Waals surface area contributed by atoms with Crippen molar-refractivity contribution >= 4 is 11.9 Å². The predicted octanol–water partition coefficient (Wildman–Crippen LogP) is -1.49. The van der Waals surface area contributed by atoms with Crippen molar-refractivity contribution in [3.63, 3.8) is 0 Å². The first-order valence-corrected chi connectivity index (χ1v) is 5.29. The van der Waals surface area contributed by atoms with Crippen LogP contribution in [0.2, 0.25) is 0 Å². The fraction of sp³-hybridized carbons (Fsp3) is 0.200. The summed E-state index contributed by atoms with van der Waals surface area (Å²) in [4.78, 5) is 36.4. The molecule has 2 aromatic rings. The number of rotatable bonds is 0. The summed E-state index contributed by atoms with van der Waals surface area (Å²) in [7, 11) is 0. The van der Waals surface area contributed by atoms with Gasteiger partial charge in [-0.1, -0.05) is 0 Å².